The molecule has 3 rings (SSSR count). The maximum Gasteiger partial charge on any atom is 0.281 e. The van der Waals surface area contributed by atoms with Crippen LogP contribution in [0, 0.1) is 0 Å². The standard InChI is InChI=1S/C23H28N4O2S/c1-6-26(7-2)19-14-13-17(20(16-19)29-5)15-21-22(28)27(25(3)4)23(30-21)24-18-11-9-8-10-12-18/h8-16H,6-7H2,1-5H3/b21-15+,24-23?. The summed E-state index contributed by atoms with van der Waals surface area (Å²) in [5, 5.41) is 3.96. The molecule has 30 heavy (non-hydrogen) atoms. The molecule has 1 aliphatic heterocycles. The first-order valence-corrected chi connectivity index (χ1v) is 10.8. The summed E-state index contributed by atoms with van der Waals surface area (Å²) in [7, 11) is 5.32. The highest BCUT2D eigenvalue weighted by Crippen LogP contribution is 2.36. The van der Waals surface area contributed by atoms with Crippen LogP contribution in [-0.2, 0) is 4.79 Å². The summed E-state index contributed by atoms with van der Waals surface area (Å²) in [5.41, 5.74) is 2.77. The van der Waals surface area contributed by atoms with E-state index in [-0.39, 0.29) is 5.91 Å². The van der Waals surface area contributed by atoms with Gasteiger partial charge in [0.05, 0.1) is 17.7 Å². The lowest BCUT2D eigenvalue weighted by molar-refractivity contribution is -0.130. The number of benzene rings is 2. The number of amidine groups is 1. The number of anilines is 1. The van der Waals surface area contributed by atoms with E-state index >= 15 is 0 Å². The van der Waals surface area contributed by atoms with Gasteiger partial charge < -0.3 is 9.64 Å². The first-order valence-electron chi connectivity index (χ1n) is 9.96. The van der Waals surface area contributed by atoms with Crippen molar-refractivity contribution in [3.8, 4) is 5.75 Å². The number of thioether (sulfide) groups is 1. The predicted octanol–water partition coefficient (Wildman–Crippen LogP) is 4.62. The highest BCUT2D eigenvalue weighted by molar-refractivity contribution is 8.18. The van der Waals surface area contributed by atoms with Crippen molar-refractivity contribution in [3.63, 3.8) is 0 Å². The van der Waals surface area contributed by atoms with E-state index in [0.29, 0.717) is 10.1 Å². The zero-order chi connectivity index (χ0) is 21.7. The topological polar surface area (TPSA) is 48.4 Å². The molecule has 7 heteroatoms. The van der Waals surface area contributed by atoms with E-state index in [1.807, 2.05) is 62.6 Å². The molecule has 1 heterocycles. The van der Waals surface area contributed by atoms with Gasteiger partial charge in [-0.2, -0.15) is 0 Å². The van der Waals surface area contributed by atoms with E-state index in [1.54, 1.807) is 17.1 Å². The molecule has 0 atom stereocenters. The van der Waals surface area contributed by atoms with Gasteiger partial charge in [0.1, 0.15) is 5.75 Å². The van der Waals surface area contributed by atoms with Crippen molar-refractivity contribution < 1.29 is 9.53 Å². The minimum Gasteiger partial charge on any atom is -0.496 e. The molecule has 1 saturated heterocycles. The van der Waals surface area contributed by atoms with Gasteiger partial charge in [0.2, 0.25) is 0 Å². The molecule has 0 N–H and O–H groups in total. The van der Waals surface area contributed by atoms with Gasteiger partial charge >= 0.3 is 0 Å². The van der Waals surface area contributed by atoms with Crippen LogP contribution < -0.4 is 9.64 Å². The number of hydrogen-bond donors (Lipinski definition) is 0. The minimum absolute atomic E-state index is 0.102. The number of aliphatic imine (C=N–C) groups is 1. The van der Waals surface area contributed by atoms with Gasteiger partial charge in [-0.15, -0.1) is 0 Å². The Hall–Kier alpha value is -2.77. The smallest absolute Gasteiger partial charge is 0.281 e. The lowest BCUT2D eigenvalue weighted by Crippen LogP contribution is -2.40. The number of rotatable bonds is 7. The molecule has 158 valence electrons. The number of para-hydroxylation sites is 1. The zero-order valence-corrected chi connectivity index (χ0v) is 18.9. The number of hydrogen-bond acceptors (Lipinski definition) is 6. The molecule has 1 aliphatic rings. The SMILES string of the molecule is CCN(CC)c1ccc(/C=C2/SC(=Nc3ccccc3)N(N(C)C)C2=O)c(OC)c1. The van der Waals surface area contributed by atoms with Gasteiger partial charge in [-0.3, -0.25) is 4.79 Å². The lowest BCUT2D eigenvalue weighted by atomic mass is 10.1. The van der Waals surface area contributed by atoms with Gasteiger partial charge in [-0.1, -0.05) is 18.2 Å². The van der Waals surface area contributed by atoms with Crippen LogP contribution in [0.4, 0.5) is 11.4 Å². The van der Waals surface area contributed by atoms with Crippen LogP contribution in [0.25, 0.3) is 6.08 Å². The number of nitrogens with zero attached hydrogens (tertiary/aromatic N) is 4. The molecule has 6 nitrogen and oxygen atoms in total. The van der Waals surface area contributed by atoms with Crippen molar-refractivity contribution in [1.29, 1.82) is 0 Å². The van der Waals surface area contributed by atoms with Crippen molar-refractivity contribution in [3.05, 3.63) is 59.0 Å². The lowest BCUT2D eigenvalue weighted by Gasteiger charge is -2.22. The van der Waals surface area contributed by atoms with Crippen LogP contribution in [0.5, 0.6) is 5.75 Å². The fraction of sp³-hybridized carbons (Fsp3) is 0.304. The quantitative estimate of drug-likeness (QED) is 0.607. The molecule has 0 radical (unpaired) electrons. The average Bonchev–Trinajstić information content (AvgIpc) is 3.05. The molecule has 0 spiro atoms. The van der Waals surface area contributed by atoms with Crippen LogP contribution in [0.3, 0.4) is 0 Å². The fourth-order valence-electron chi connectivity index (χ4n) is 3.25. The number of hydrazine groups is 1. The highest BCUT2D eigenvalue weighted by atomic mass is 32.2. The molecule has 0 unspecified atom stereocenters. The fourth-order valence-corrected chi connectivity index (χ4v) is 4.29. The molecular formula is C23H28N4O2S. The van der Waals surface area contributed by atoms with E-state index in [9.17, 15) is 4.79 Å². The number of methoxy groups -OCH3 is 1. The van der Waals surface area contributed by atoms with Gasteiger partial charge in [-0.05, 0) is 56.0 Å². The number of carbonyl (C=O) groups is 1. The maximum absolute atomic E-state index is 13.1. The summed E-state index contributed by atoms with van der Waals surface area (Å²) < 4.78 is 5.62. The van der Waals surface area contributed by atoms with Crippen molar-refractivity contribution in [2.45, 2.75) is 13.8 Å². The molecule has 1 amide bonds. The van der Waals surface area contributed by atoms with Crippen molar-refractivity contribution in [2.75, 3.05) is 39.2 Å². The molecule has 2 aromatic rings. The summed E-state index contributed by atoms with van der Waals surface area (Å²) in [5.74, 6) is 0.639. The largest absolute Gasteiger partial charge is 0.496 e. The average molecular weight is 425 g/mol. The summed E-state index contributed by atoms with van der Waals surface area (Å²) in [6.45, 7) is 6.10. The second-order valence-corrected chi connectivity index (χ2v) is 7.91. The van der Waals surface area contributed by atoms with Crippen LogP contribution in [0.2, 0.25) is 0 Å². The molecular weight excluding hydrogens is 396 g/mol. The second kappa shape index (κ2) is 9.82. The Bertz CT molecular complexity index is 953. The van der Waals surface area contributed by atoms with Crippen LogP contribution in [-0.4, -0.2) is 55.4 Å². The second-order valence-electron chi connectivity index (χ2n) is 6.90. The third-order valence-electron chi connectivity index (χ3n) is 4.80. The van der Waals surface area contributed by atoms with Crippen LogP contribution in [0.15, 0.2) is 58.4 Å². The Morgan fingerprint density at radius 2 is 1.80 bits per heavy atom. The summed E-state index contributed by atoms with van der Waals surface area (Å²) >= 11 is 1.36. The molecule has 0 bridgehead atoms. The van der Waals surface area contributed by atoms with Crippen LogP contribution >= 0.6 is 11.8 Å². The van der Waals surface area contributed by atoms with E-state index in [1.165, 1.54) is 11.8 Å². The van der Waals surface area contributed by atoms with E-state index in [4.69, 9.17) is 4.74 Å². The molecule has 2 aromatic carbocycles. The molecule has 0 aromatic heterocycles. The minimum atomic E-state index is -0.102. The summed E-state index contributed by atoms with van der Waals surface area (Å²) in [6, 6.07) is 15.7. The first kappa shape index (κ1) is 21.9. The normalized spacial score (nSPS) is 16.7. The van der Waals surface area contributed by atoms with E-state index in [2.05, 4.69) is 29.8 Å². The summed E-state index contributed by atoms with van der Waals surface area (Å²) in [6.07, 6.45) is 1.88. The highest BCUT2D eigenvalue weighted by Gasteiger charge is 2.35. The Morgan fingerprint density at radius 1 is 1.10 bits per heavy atom. The summed E-state index contributed by atoms with van der Waals surface area (Å²) in [4.78, 5) is 20.6. The monoisotopic (exact) mass is 424 g/mol. The first-order chi connectivity index (χ1) is 14.5. The molecule has 1 fully saturated rings. The maximum atomic E-state index is 13.1. The third-order valence-corrected chi connectivity index (χ3v) is 5.76. The van der Waals surface area contributed by atoms with Crippen molar-refractivity contribution in [1.82, 2.24) is 10.0 Å². The molecule has 0 saturated carbocycles. The third kappa shape index (κ3) is 4.68. The number of ether oxygens (including phenoxy) is 1. The van der Waals surface area contributed by atoms with Gasteiger partial charge in [0.25, 0.3) is 5.91 Å². The van der Waals surface area contributed by atoms with Crippen LogP contribution in [0.1, 0.15) is 19.4 Å². The van der Waals surface area contributed by atoms with E-state index in [0.717, 1.165) is 35.8 Å². The number of carbonyl (C=O) groups excluding carboxylic acids is 1. The molecule has 0 aliphatic carbocycles. The van der Waals surface area contributed by atoms with Gasteiger partial charge in [-0.25, -0.2) is 15.0 Å². The Labute approximate surface area is 182 Å². The van der Waals surface area contributed by atoms with Gasteiger partial charge in [0, 0.05) is 44.5 Å². The predicted molar refractivity (Wildman–Crippen MR) is 126 cm³/mol. The van der Waals surface area contributed by atoms with Gasteiger partial charge in [0.15, 0.2) is 5.17 Å². The Balaban J connectivity index is 1.97. The zero-order valence-electron chi connectivity index (χ0n) is 18.1. The van der Waals surface area contributed by atoms with Crippen molar-refractivity contribution >= 4 is 40.3 Å². The van der Waals surface area contributed by atoms with E-state index < -0.39 is 0 Å². The Kier molecular flexibility index (Phi) is 7.18. The van der Waals surface area contributed by atoms with Crippen molar-refractivity contribution in [2.24, 2.45) is 4.99 Å². The Morgan fingerprint density at radius 3 is 2.40 bits per heavy atom. The number of amides is 1.